The largest absolute Gasteiger partial charge is 0.335 e. The number of amides is 3. The van der Waals surface area contributed by atoms with E-state index >= 15 is 0 Å². The van der Waals surface area contributed by atoms with Crippen LogP contribution in [-0.2, 0) is 0 Å². The molecular weight excluding hydrogens is 506 g/mol. The first-order valence-electron chi connectivity index (χ1n) is 12.0. The third-order valence-electron chi connectivity index (χ3n) is 6.24. The molecule has 0 aliphatic carbocycles. The van der Waals surface area contributed by atoms with Crippen LogP contribution in [0.1, 0.15) is 27.7 Å². The van der Waals surface area contributed by atoms with Gasteiger partial charge in [-0.1, -0.05) is 72.3 Å². The number of aromatic nitrogens is 1. The van der Waals surface area contributed by atoms with E-state index < -0.39 is 6.03 Å². The normalized spacial score (nSPS) is 13.9. The SMILES string of the molecule is O=C(Nc1ccc(Cl)cc1)Nc1nc(C(=O)N2CCN(C(c3ccccc3)c3ccccc3)CC2)cs1. The molecule has 5 rings (SSSR count). The average molecular weight is 532 g/mol. The van der Waals surface area contributed by atoms with Gasteiger partial charge in [0.1, 0.15) is 5.69 Å². The van der Waals surface area contributed by atoms with Gasteiger partial charge in [-0.25, -0.2) is 9.78 Å². The number of halogens is 1. The third kappa shape index (κ3) is 6.17. The number of carbonyl (C=O) groups is 2. The lowest BCUT2D eigenvalue weighted by Crippen LogP contribution is -2.50. The van der Waals surface area contributed by atoms with E-state index in [1.54, 1.807) is 29.6 Å². The molecule has 37 heavy (non-hydrogen) atoms. The summed E-state index contributed by atoms with van der Waals surface area (Å²) in [6.07, 6.45) is 0. The number of urea groups is 1. The summed E-state index contributed by atoms with van der Waals surface area (Å²) in [5.74, 6) is -0.127. The van der Waals surface area contributed by atoms with Crippen molar-refractivity contribution >= 4 is 45.7 Å². The predicted octanol–water partition coefficient (Wildman–Crippen LogP) is 5.99. The van der Waals surface area contributed by atoms with E-state index in [0.29, 0.717) is 34.6 Å². The highest BCUT2D eigenvalue weighted by molar-refractivity contribution is 7.14. The average Bonchev–Trinajstić information content (AvgIpc) is 3.40. The van der Waals surface area contributed by atoms with Gasteiger partial charge in [0.15, 0.2) is 5.13 Å². The Balaban J connectivity index is 1.20. The van der Waals surface area contributed by atoms with Crippen molar-refractivity contribution in [3.05, 3.63) is 112 Å². The molecular formula is C28H26ClN5O2S. The summed E-state index contributed by atoms with van der Waals surface area (Å²) in [6.45, 7) is 2.70. The van der Waals surface area contributed by atoms with Gasteiger partial charge >= 0.3 is 6.03 Å². The number of piperazine rings is 1. The Labute approximate surface area is 224 Å². The molecule has 1 aliphatic heterocycles. The van der Waals surface area contributed by atoms with Gasteiger partial charge in [0.2, 0.25) is 0 Å². The quantitative estimate of drug-likeness (QED) is 0.320. The third-order valence-corrected chi connectivity index (χ3v) is 7.25. The van der Waals surface area contributed by atoms with Crippen molar-refractivity contribution in [2.45, 2.75) is 6.04 Å². The molecule has 2 N–H and O–H groups in total. The second kappa shape index (κ2) is 11.6. The number of hydrogen-bond donors (Lipinski definition) is 2. The minimum atomic E-state index is -0.433. The molecule has 0 bridgehead atoms. The second-order valence-electron chi connectivity index (χ2n) is 8.68. The number of rotatable bonds is 6. The minimum absolute atomic E-state index is 0.127. The number of nitrogens with one attached hydrogen (secondary N) is 2. The summed E-state index contributed by atoms with van der Waals surface area (Å²) in [6, 6.07) is 27.4. The van der Waals surface area contributed by atoms with Crippen molar-refractivity contribution in [1.82, 2.24) is 14.8 Å². The Morgan fingerprint density at radius 1 is 0.811 bits per heavy atom. The van der Waals surface area contributed by atoms with Gasteiger partial charge in [-0.05, 0) is 35.4 Å². The highest BCUT2D eigenvalue weighted by atomic mass is 35.5. The van der Waals surface area contributed by atoms with Crippen LogP contribution in [0.5, 0.6) is 0 Å². The predicted molar refractivity (Wildman–Crippen MR) is 148 cm³/mol. The van der Waals surface area contributed by atoms with Crippen LogP contribution in [0.2, 0.25) is 5.02 Å². The smallest absolute Gasteiger partial charge is 0.325 e. The molecule has 2 heterocycles. The molecule has 3 amide bonds. The van der Waals surface area contributed by atoms with Gasteiger partial charge in [-0.2, -0.15) is 0 Å². The molecule has 1 saturated heterocycles. The molecule has 0 saturated carbocycles. The highest BCUT2D eigenvalue weighted by Gasteiger charge is 2.29. The van der Waals surface area contributed by atoms with Crippen LogP contribution in [0.3, 0.4) is 0 Å². The van der Waals surface area contributed by atoms with Crippen LogP contribution < -0.4 is 10.6 Å². The van der Waals surface area contributed by atoms with Gasteiger partial charge in [-0.3, -0.25) is 15.0 Å². The fourth-order valence-corrected chi connectivity index (χ4v) is 5.26. The van der Waals surface area contributed by atoms with Crippen LogP contribution in [0.25, 0.3) is 0 Å². The standard InChI is InChI=1S/C28H26ClN5O2S/c29-22-11-13-23(14-12-22)30-27(36)32-28-31-24(19-37-28)26(35)34-17-15-33(16-18-34)25(20-7-3-1-4-8-20)21-9-5-2-6-10-21/h1-14,19,25H,15-18H2,(H2,30,31,32,36). The highest BCUT2D eigenvalue weighted by Crippen LogP contribution is 2.30. The topological polar surface area (TPSA) is 77.6 Å². The first-order chi connectivity index (χ1) is 18.1. The van der Waals surface area contributed by atoms with E-state index in [9.17, 15) is 9.59 Å². The van der Waals surface area contributed by atoms with Crippen LogP contribution in [-0.4, -0.2) is 52.9 Å². The van der Waals surface area contributed by atoms with Gasteiger partial charge in [0, 0.05) is 42.3 Å². The van der Waals surface area contributed by atoms with Crippen LogP contribution in [0, 0.1) is 0 Å². The van der Waals surface area contributed by atoms with Crippen LogP contribution in [0.4, 0.5) is 15.6 Å². The second-order valence-corrected chi connectivity index (χ2v) is 9.97. The Hall–Kier alpha value is -3.72. The lowest BCUT2D eigenvalue weighted by molar-refractivity contribution is 0.0592. The lowest BCUT2D eigenvalue weighted by Gasteiger charge is -2.39. The molecule has 7 nitrogen and oxygen atoms in total. The summed E-state index contributed by atoms with van der Waals surface area (Å²) in [7, 11) is 0. The van der Waals surface area contributed by atoms with Crippen molar-refractivity contribution in [1.29, 1.82) is 0 Å². The van der Waals surface area contributed by atoms with Crippen LogP contribution in [0.15, 0.2) is 90.3 Å². The molecule has 3 aromatic carbocycles. The van der Waals surface area contributed by atoms with E-state index in [4.69, 9.17) is 11.6 Å². The zero-order valence-corrected chi connectivity index (χ0v) is 21.6. The maximum absolute atomic E-state index is 13.1. The number of carbonyl (C=O) groups excluding carboxylic acids is 2. The molecule has 0 atom stereocenters. The van der Waals surface area contributed by atoms with Crippen molar-refractivity contribution < 1.29 is 9.59 Å². The van der Waals surface area contributed by atoms with Crippen molar-refractivity contribution in [2.75, 3.05) is 36.8 Å². The molecule has 0 radical (unpaired) electrons. The summed E-state index contributed by atoms with van der Waals surface area (Å²) in [4.78, 5) is 34.0. The van der Waals surface area contributed by atoms with Gasteiger partial charge in [0.25, 0.3) is 5.91 Å². The first-order valence-corrected chi connectivity index (χ1v) is 13.2. The molecule has 1 aromatic heterocycles. The van der Waals surface area contributed by atoms with Crippen molar-refractivity contribution in [3.8, 4) is 0 Å². The van der Waals surface area contributed by atoms with E-state index in [1.807, 2.05) is 17.0 Å². The Kier molecular flexibility index (Phi) is 7.79. The van der Waals surface area contributed by atoms with Gasteiger partial charge < -0.3 is 10.2 Å². The summed E-state index contributed by atoms with van der Waals surface area (Å²) >= 11 is 7.10. The fourth-order valence-electron chi connectivity index (χ4n) is 4.45. The van der Waals surface area contributed by atoms with E-state index in [2.05, 4.69) is 69.0 Å². The number of hydrogen-bond acceptors (Lipinski definition) is 5. The minimum Gasteiger partial charge on any atom is -0.335 e. The zero-order chi connectivity index (χ0) is 25.6. The molecule has 188 valence electrons. The van der Waals surface area contributed by atoms with E-state index in [-0.39, 0.29) is 11.9 Å². The van der Waals surface area contributed by atoms with Crippen molar-refractivity contribution in [3.63, 3.8) is 0 Å². The Morgan fingerprint density at radius 2 is 1.41 bits per heavy atom. The molecule has 9 heteroatoms. The molecule has 1 aliphatic rings. The molecule has 4 aromatic rings. The van der Waals surface area contributed by atoms with Crippen LogP contribution >= 0.6 is 22.9 Å². The number of nitrogens with zero attached hydrogens (tertiary/aromatic N) is 3. The molecule has 0 unspecified atom stereocenters. The number of benzene rings is 3. The van der Waals surface area contributed by atoms with E-state index in [0.717, 1.165) is 13.1 Å². The molecule has 1 fully saturated rings. The zero-order valence-electron chi connectivity index (χ0n) is 20.0. The Morgan fingerprint density at radius 3 is 2.00 bits per heavy atom. The maximum atomic E-state index is 13.1. The summed E-state index contributed by atoms with van der Waals surface area (Å²) in [5.41, 5.74) is 3.42. The lowest BCUT2D eigenvalue weighted by atomic mass is 9.96. The fraction of sp³-hybridized carbons (Fsp3) is 0.179. The summed E-state index contributed by atoms with van der Waals surface area (Å²) < 4.78 is 0. The van der Waals surface area contributed by atoms with Gasteiger partial charge in [0.05, 0.1) is 6.04 Å². The number of anilines is 2. The van der Waals surface area contributed by atoms with E-state index in [1.165, 1.54) is 22.5 Å². The monoisotopic (exact) mass is 531 g/mol. The van der Waals surface area contributed by atoms with Gasteiger partial charge in [-0.15, -0.1) is 11.3 Å². The summed E-state index contributed by atoms with van der Waals surface area (Å²) in [5, 5.41) is 8.04. The number of thiazole rings is 1. The Bertz CT molecular complexity index is 1300. The maximum Gasteiger partial charge on any atom is 0.325 e. The molecule has 0 spiro atoms. The first kappa shape index (κ1) is 25.0. The van der Waals surface area contributed by atoms with Crippen molar-refractivity contribution in [2.24, 2.45) is 0 Å².